The minimum Gasteiger partial charge on any atom is -0.506 e. The summed E-state index contributed by atoms with van der Waals surface area (Å²) in [5.74, 6) is -0.0689. The zero-order valence-corrected chi connectivity index (χ0v) is 17.7. The van der Waals surface area contributed by atoms with Crippen molar-refractivity contribution in [2.45, 2.75) is 30.2 Å². The first-order chi connectivity index (χ1) is 13.3. The monoisotopic (exact) mass is 437 g/mol. The number of thiophene rings is 1. The smallest absolute Gasteiger partial charge is 0.225 e. The molecular formula is C18H19N3O4S3. The number of nitrogens with one attached hydrogen (secondary N) is 1. The molecule has 1 amide bonds. The van der Waals surface area contributed by atoms with Crippen molar-refractivity contribution in [1.29, 1.82) is 0 Å². The lowest BCUT2D eigenvalue weighted by atomic mass is 10.3. The van der Waals surface area contributed by atoms with Gasteiger partial charge in [-0.2, -0.15) is 0 Å². The van der Waals surface area contributed by atoms with Gasteiger partial charge in [-0.15, -0.1) is 23.1 Å². The molecule has 0 aliphatic heterocycles. The summed E-state index contributed by atoms with van der Waals surface area (Å²) in [7, 11) is -3.42. The van der Waals surface area contributed by atoms with E-state index in [1.165, 1.54) is 43.2 Å². The Balaban J connectivity index is 1.64. The van der Waals surface area contributed by atoms with Crippen LogP contribution in [0, 0.1) is 6.92 Å². The van der Waals surface area contributed by atoms with Crippen LogP contribution in [0.4, 0.5) is 5.69 Å². The number of nitrogens with zero attached hydrogens (tertiary/aromatic N) is 2. The van der Waals surface area contributed by atoms with Gasteiger partial charge in [-0.05, 0) is 31.2 Å². The Hall–Kier alpha value is -2.17. The molecule has 2 N–H and O–H groups in total. The third-order valence-corrected chi connectivity index (χ3v) is 7.66. The summed E-state index contributed by atoms with van der Waals surface area (Å²) >= 11 is 3.05. The predicted molar refractivity (Wildman–Crippen MR) is 112 cm³/mol. The van der Waals surface area contributed by atoms with E-state index in [0.29, 0.717) is 5.75 Å². The Morgan fingerprint density at radius 2 is 2.07 bits per heavy atom. The van der Waals surface area contributed by atoms with E-state index in [-0.39, 0.29) is 34.4 Å². The zero-order chi connectivity index (χ0) is 20.3. The summed E-state index contributed by atoms with van der Waals surface area (Å²) in [6.45, 7) is 3.55. The van der Waals surface area contributed by atoms with Crippen LogP contribution < -0.4 is 5.32 Å². The van der Waals surface area contributed by atoms with E-state index < -0.39 is 9.84 Å². The fourth-order valence-corrected chi connectivity index (χ4v) is 5.23. The maximum Gasteiger partial charge on any atom is 0.225 e. The molecule has 28 heavy (non-hydrogen) atoms. The summed E-state index contributed by atoms with van der Waals surface area (Å²) < 4.78 is 24.0. The molecule has 0 aliphatic rings. The third-order valence-electron chi connectivity index (χ3n) is 3.97. The summed E-state index contributed by atoms with van der Waals surface area (Å²) in [6, 6.07) is 5.90. The van der Waals surface area contributed by atoms with Gasteiger partial charge in [0.1, 0.15) is 21.9 Å². The standard InChI is InChI=1S/C18H19N3O4S3/c1-3-28(24,25)12-4-5-15(22)14(9-12)21-16(23)6-7-26-17-13-8-11(2)27-18(13)20-10-19-17/h4-5,8-10,22H,3,6-7H2,1-2H3,(H,21,23). The number of aromatic hydroxyl groups is 1. The molecule has 0 saturated heterocycles. The first-order valence-corrected chi connectivity index (χ1v) is 11.9. The molecule has 0 fully saturated rings. The van der Waals surface area contributed by atoms with Crippen molar-refractivity contribution >= 4 is 54.7 Å². The number of rotatable bonds is 7. The van der Waals surface area contributed by atoms with Gasteiger partial charge in [0, 0.05) is 22.4 Å². The Morgan fingerprint density at radius 1 is 1.29 bits per heavy atom. The van der Waals surface area contributed by atoms with Crippen LogP contribution in [0.3, 0.4) is 0 Å². The normalized spacial score (nSPS) is 11.6. The number of hydrogen-bond acceptors (Lipinski definition) is 8. The minimum atomic E-state index is -3.42. The molecule has 3 rings (SSSR count). The topological polar surface area (TPSA) is 109 Å². The number of phenols is 1. The van der Waals surface area contributed by atoms with Crippen LogP contribution in [-0.2, 0) is 14.6 Å². The van der Waals surface area contributed by atoms with Crippen molar-refractivity contribution in [1.82, 2.24) is 9.97 Å². The van der Waals surface area contributed by atoms with Crippen LogP contribution >= 0.6 is 23.1 Å². The molecule has 0 bridgehead atoms. The molecule has 0 spiro atoms. The second-order valence-electron chi connectivity index (χ2n) is 5.98. The molecule has 1 aromatic carbocycles. The van der Waals surface area contributed by atoms with Crippen molar-refractivity contribution in [2.24, 2.45) is 0 Å². The van der Waals surface area contributed by atoms with Gasteiger partial charge >= 0.3 is 0 Å². The van der Waals surface area contributed by atoms with Crippen molar-refractivity contribution < 1.29 is 18.3 Å². The number of anilines is 1. The molecule has 2 heterocycles. The van der Waals surface area contributed by atoms with E-state index in [1.807, 2.05) is 13.0 Å². The van der Waals surface area contributed by atoms with Crippen molar-refractivity contribution in [3.63, 3.8) is 0 Å². The average molecular weight is 438 g/mol. The number of thioether (sulfide) groups is 1. The Labute approximate surface area is 171 Å². The van der Waals surface area contributed by atoms with E-state index in [1.54, 1.807) is 11.3 Å². The minimum absolute atomic E-state index is 0.0583. The van der Waals surface area contributed by atoms with Gasteiger partial charge in [0.15, 0.2) is 9.84 Å². The molecule has 2 aromatic heterocycles. The zero-order valence-electron chi connectivity index (χ0n) is 15.3. The average Bonchev–Trinajstić information content (AvgIpc) is 3.04. The van der Waals surface area contributed by atoms with Gasteiger partial charge < -0.3 is 10.4 Å². The molecule has 148 valence electrons. The second-order valence-corrected chi connectivity index (χ2v) is 10.6. The predicted octanol–water partition coefficient (Wildman–Crippen LogP) is 3.62. The second kappa shape index (κ2) is 8.46. The van der Waals surface area contributed by atoms with Gasteiger partial charge in [0.2, 0.25) is 5.91 Å². The fourth-order valence-electron chi connectivity index (χ4n) is 2.50. The van der Waals surface area contributed by atoms with Crippen LogP contribution in [0.25, 0.3) is 10.2 Å². The number of carbonyl (C=O) groups excluding carboxylic acids is 1. The number of carbonyl (C=O) groups is 1. The van der Waals surface area contributed by atoms with Gasteiger partial charge in [-0.3, -0.25) is 4.79 Å². The number of phenolic OH excluding ortho intramolecular Hbond substituents is 1. The van der Waals surface area contributed by atoms with E-state index in [9.17, 15) is 18.3 Å². The van der Waals surface area contributed by atoms with Gasteiger partial charge in [-0.25, -0.2) is 18.4 Å². The highest BCUT2D eigenvalue weighted by Crippen LogP contribution is 2.31. The van der Waals surface area contributed by atoms with Crippen LogP contribution in [0.5, 0.6) is 5.75 Å². The van der Waals surface area contributed by atoms with Crippen molar-refractivity contribution in [2.75, 3.05) is 16.8 Å². The molecule has 3 aromatic rings. The van der Waals surface area contributed by atoms with Gasteiger partial charge in [0.25, 0.3) is 0 Å². The fraction of sp³-hybridized carbons (Fsp3) is 0.278. The number of fused-ring (bicyclic) bond motifs is 1. The van der Waals surface area contributed by atoms with Crippen LogP contribution in [0.2, 0.25) is 0 Å². The summed E-state index contributed by atoms with van der Waals surface area (Å²) in [4.78, 5) is 22.9. The maximum atomic E-state index is 12.2. The number of aryl methyl sites for hydroxylation is 1. The molecule has 0 saturated carbocycles. The third kappa shape index (κ3) is 4.62. The van der Waals surface area contributed by atoms with Crippen LogP contribution in [0.15, 0.2) is 40.5 Å². The molecule has 0 atom stereocenters. The molecular weight excluding hydrogens is 418 g/mol. The van der Waals surface area contributed by atoms with E-state index in [4.69, 9.17) is 0 Å². The largest absolute Gasteiger partial charge is 0.506 e. The highest BCUT2D eigenvalue weighted by molar-refractivity contribution is 7.99. The number of benzene rings is 1. The van der Waals surface area contributed by atoms with Gasteiger partial charge in [0.05, 0.1) is 16.3 Å². The number of aromatic nitrogens is 2. The quantitative estimate of drug-likeness (QED) is 0.330. The lowest BCUT2D eigenvalue weighted by Gasteiger charge is -2.09. The van der Waals surface area contributed by atoms with Gasteiger partial charge in [-0.1, -0.05) is 6.92 Å². The highest BCUT2D eigenvalue weighted by Gasteiger charge is 2.15. The first kappa shape index (κ1) is 20.6. The maximum absolute atomic E-state index is 12.2. The lowest BCUT2D eigenvalue weighted by Crippen LogP contribution is -2.13. The summed E-state index contributed by atoms with van der Waals surface area (Å²) in [5.41, 5.74) is 0.0856. The summed E-state index contributed by atoms with van der Waals surface area (Å²) in [6.07, 6.45) is 1.70. The molecule has 0 unspecified atom stereocenters. The number of amides is 1. The molecule has 0 radical (unpaired) electrons. The molecule has 10 heteroatoms. The Kier molecular flexibility index (Phi) is 6.21. The summed E-state index contributed by atoms with van der Waals surface area (Å²) in [5, 5.41) is 14.3. The van der Waals surface area contributed by atoms with Crippen molar-refractivity contribution in [3.05, 3.63) is 35.5 Å². The number of sulfone groups is 1. The van der Waals surface area contributed by atoms with Crippen LogP contribution in [0.1, 0.15) is 18.2 Å². The lowest BCUT2D eigenvalue weighted by molar-refractivity contribution is -0.115. The Bertz CT molecular complexity index is 1130. The first-order valence-electron chi connectivity index (χ1n) is 8.49. The SMILES string of the molecule is CCS(=O)(=O)c1ccc(O)c(NC(=O)CCSc2ncnc3sc(C)cc23)c1. The molecule has 0 aliphatic carbocycles. The Morgan fingerprint density at radius 3 is 2.82 bits per heavy atom. The van der Waals surface area contributed by atoms with E-state index >= 15 is 0 Å². The van der Waals surface area contributed by atoms with E-state index in [0.717, 1.165) is 20.1 Å². The molecule has 7 nitrogen and oxygen atoms in total. The highest BCUT2D eigenvalue weighted by atomic mass is 32.2. The number of hydrogen-bond donors (Lipinski definition) is 2. The van der Waals surface area contributed by atoms with E-state index in [2.05, 4.69) is 15.3 Å². The van der Waals surface area contributed by atoms with Crippen molar-refractivity contribution in [3.8, 4) is 5.75 Å². The van der Waals surface area contributed by atoms with Crippen LogP contribution in [-0.4, -0.2) is 40.9 Å².